The lowest BCUT2D eigenvalue weighted by atomic mass is 10.1. The zero-order valence-corrected chi connectivity index (χ0v) is 11.4. The van der Waals surface area contributed by atoms with Crippen LogP contribution in [-0.2, 0) is 4.79 Å². The maximum Gasteiger partial charge on any atom is 0.181 e. The summed E-state index contributed by atoms with van der Waals surface area (Å²) in [5.74, 6) is 4.73. The Kier molecular flexibility index (Phi) is 7.55. The summed E-state index contributed by atoms with van der Waals surface area (Å²) < 4.78 is 13.0. The number of aliphatic hydroxyl groups is 1. The predicted molar refractivity (Wildman–Crippen MR) is 74.2 cm³/mol. The van der Waals surface area contributed by atoms with Gasteiger partial charge in [0.2, 0.25) is 0 Å². The second-order valence-electron chi connectivity index (χ2n) is 3.81. The molecule has 0 aromatic heterocycles. The Morgan fingerprint density at radius 2 is 2.21 bits per heavy atom. The van der Waals surface area contributed by atoms with E-state index in [-0.39, 0.29) is 23.6 Å². The van der Waals surface area contributed by atoms with Crippen LogP contribution >= 0.6 is 0 Å². The van der Waals surface area contributed by atoms with Crippen LogP contribution in [0.3, 0.4) is 0 Å². The number of hydrazine groups is 1. The van der Waals surface area contributed by atoms with Gasteiger partial charge in [-0.15, -0.1) is 0 Å². The molecule has 6 heteroatoms. The maximum absolute atomic E-state index is 13.0. The van der Waals surface area contributed by atoms with Crippen LogP contribution in [0.25, 0.3) is 0 Å². The zero-order chi connectivity index (χ0) is 15.0. The molecule has 0 bridgehead atoms. The summed E-state index contributed by atoms with van der Waals surface area (Å²) in [6.07, 6.45) is 2.86. The molecule has 1 unspecified atom stereocenters. The van der Waals surface area contributed by atoms with Gasteiger partial charge in [0.1, 0.15) is 11.5 Å². The Hall–Kier alpha value is -1.79. The van der Waals surface area contributed by atoms with Crippen molar-refractivity contribution in [3.8, 4) is 0 Å². The molecule has 106 valence electrons. The number of carbonyl (C=O) groups excluding carboxylic acids is 1. The molecule has 0 saturated carbocycles. The van der Waals surface area contributed by atoms with Gasteiger partial charge in [0, 0.05) is 25.3 Å². The zero-order valence-electron chi connectivity index (χ0n) is 11.4. The monoisotopic (exact) mass is 269 g/mol. The van der Waals surface area contributed by atoms with Crippen molar-refractivity contribution in [1.82, 2.24) is 5.01 Å². The van der Waals surface area contributed by atoms with Crippen molar-refractivity contribution in [2.75, 3.05) is 6.54 Å². The molecule has 0 aliphatic carbocycles. The van der Waals surface area contributed by atoms with E-state index in [4.69, 9.17) is 5.84 Å². The number of nitrogens with zero attached hydrogens (tertiary/aromatic N) is 2. The summed E-state index contributed by atoms with van der Waals surface area (Å²) in [4.78, 5) is 15.2. The largest absolute Gasteiger partial charge is 0.505 e. The van der Waals surface area contributed by atoms with Gasteiger partial charge in [0.05, 0.1) is 0 Å². The number of aliphatic hydroxyl groups excluding tert-OH is 1. The number of ketones is 1. The van der Waals surface area contributed by atoms with Crippen LogP contribution in [0.5, 0.6) is 0 Å². The minimum atomic E-state index is -1.39. The molecule has 0 radical (unpaired) electrons. The Balaban J connectivity index is 5.50. The van der Waals surface area contributed by atoms with Gasteiger partial charge in [0.25, 0.3) is 0 Å². The van der Waals surface area contributed by atoms with Gasteiger partial charge in [0.15, 0.2) is 12.1 Å². The second-order valence-corrected chi connectivity index (χ2v) is 3.81. The van der Waals surface area contributed by atoms with Gasteiger partial charge in [-0.1, -0.05) is 18.7 Å². The number of Topliss-reactive ketones (excluding diaryl/α,β-unsaturated/α-hetero) is 1. The number of aliphatic imine (C=N–C) groups is 1. The van der Waals surface area contributed by atoms with E-state index in [9.17, 15) is 14.3 Å². The highest BCUT2D eigenvalue weighted by Gasteiger charge is 2.17. The third-order valence-electron chi connectivity index (χ3n) is 2.25. The van der Waals surface area contributed by atoms with Crippen molar-refractivity contribution < 1.29 is 14.3 Å². The highest BCUT2D eigenvalue weighted by Crippen LogP contribution is 2.16. The molecule has 1 atom stereocenters. The molecular weight excluding hydrogens is 249 g/mol. The third-order valence-corrected chi connectivity index (χ3v) is 2.25. The fraction of sp³-hybridized carbons (Fsp3) is 0.385. The Morgan fingerprint density at radius 3 is 2.58 bits per heavy atom. The minimum absolute atomic E-state index is 0.0778. The van der Waals surface area contributed by atoms with E-state index in [1.54, 1.807) is 6.92 Å². The normalized spacial score (nSPS) is 15.6. The molecule has 0 aromatic carbocycles. The Bertz CT molecular complexity index is 426. The lowest BCUT2D eigenvalue weighted by Gasteiger charge is -2.19. The molecule has 0 amide bonds. The molecule has 3 N–H and O–H groups in total. The molecule has 0 heterocycles. The summed E-state index contributed by atoms with van der Waals surface area (Å²) >= 11 is 0. The van der Waals surface area contributed by atoms with Gasteiger partial charge in [-0.2, -0.15) is 0 Å². The number of rotatable bonds is 7. The van der Waals surface area contributed by atoms with Gasteiger partial charge in [-0.3, -0.25) is 15.6 Å². The molecule has 0 fully saturated rings. The molecule has 0 spiro atoms. The van der Waals surface area contributed by atoms with E-state index in [1.807, 2.05) is 0 Å². The van der Waals surface area contributed by atoms with Crippen LogP contribution in [0.4, 0.5) is 4.39 Å². The van der Waals surface area contributed by atoms with Crippen LogP contribution in [0.2, 0.25) is 0 Å². The fourth-order valence-electron chi connectivity index (χ4n) is 1.27. The molecule has 0 aliphatic heterocycles. The number of alkyl halides is 1. The molecule has 19 heavy (non-hydrogen) atoms. The van der Waals surface area contributed by atoms with Crippen molar-refractivity contribution in [2.45, 2.75) is 27.1 Å². The number of carbonyl (C=O) groups is 1. The minimum Gasteiger partial charge on any atom is -0.505 e. The smallest absolute Gasteiger partial charge is 0.181 e. The highest BCUT2D eigenvalue weighted by molar-refractivity contribution is 5.95. The number of hydrogen-bond acceptors (Lipinski definition) is 5. The first-order valence-corrected chi connectivity index (χ1v) is 5.75. The van der Waals surface area contributed by atoms with E-state index in [2.05, 4.69) is 11.6 Å². The van der Waals surface area contributed by atoms with Crippen molar-refractivity contribution in [2.24, 2.45) is 10.8 Å². The number of hydrogen-bond donors (Lipinski definition) is 2. The summed E-state index contributed by atoms with van der Waals surface area (Å²) in [7, 11) is 0. The van der Waals surface area contributed by atoms with Crippen LogP contribution < -0.4 is 5.84 Å². The van der Waals surface area contributed by atoms with E-state index in [0.717, 1.165) is 5.01 Å². The number of allylic oxidation sites excluding steroid dienone is 3. The average Bonchev–Trinajstić information content (AvgIpc) is 2.33. The van der Waals surface area contributed by atoms with Gasteiger partial charge >= 0.3 is 0 Å². The molecule has 0 rings (SSSR count). The Labute approximate surface area is 112 Å². The summed E-state index contributed by atoms with van der Waals surface area (Å²) in [5, 5.41) is 10.9. The summed E-state index contributed by atoms with van der Waals surface area (Å²) in [6.45, 7) is 7.58. The first-order valence-electron chi connectivity index (χ1n) is 5.75. The van der Waals surface area contributed by atoms with Crippen molar-refractivity contribution in [3.63, 3.8) is 0 Å². The highest BCUT2D eigenvalue weighted by atomic mass is 19.1. The maximum atomic E-state index is 13.0. The average molecular weight is 269 g/mol. The molecular formula is C13H20FN3O2. The van der Waals surface area contributed by atoms with E-state index >= 15 is 0 Å². The summed E-state index contributed by atoms with van der Waals surface area (Å²) in [6, 6.07) is 0. The second kappa shape index (κ2) is 8.34. The first-order chi connectivity index (χ1) is 8.84. The van der Waals surface area contributed by atoms with Crippen LogP contribution in [-0.4, -0.2) is 35.0 Å². The van der Waals surface area contributed by atoms with Gasteiger partial charge in [-0.05, 0) is 13.8 Å². The quantitative estimate of drug-likeness (QED) is 0.141. The van der Waals surface area contributed by atoms with Gasteiger partial charge < -0.3 is 5.11 Å². The first kappa shape index (κ1) is 17.2. The topological polar surface area (TPSA) is 78.9 Å². The van der Waals surface area contributed by atoms with Gasteiger partial charge in [-0.25, -0.2) is 9.40 Å². The van der Waals surface area contributed by atoms with E-state index in [1.165, 1.54) is 32.2 Å². The molecule has 0 aromatic rings. The van der Waals surface area contributed by atoms with E-state index < -0.39 is 12.1 Å². The summed E-state index contributed by atoms with van der Waals surface area (Å²) in [5.41, 5.74) is 0.160. The van der Waals surface area contributed by atoms with Crippen LogP contribution in [0.1, 0.15) is 20.8 Å². The molecule has 0 saturated heterocycles. The molecule has 5 nitrogen and oxygen atoms in total. The van der Waals surface area contributed by atoms with E-state index in [0.29, 0.717) is 0 Å². The number of nitrogens with two attached hydrogens (primary N) is 1. The predicted octanol–water partition coefficient (Wildman–Crippen LogP) is 2.04. The number of halogens is 1. The SMILES string of the molecule is C=C/C=C(CN(N)C(C)F)/C(O)=C(/N=CC)C(C)=O. The van der Waals surface area contributed by atoms with Crippen molar-refractivity contribution >= 4 is 12.0 Å². The lowest BCUT2D eigenvalue weighted by Crippen LogP contribution is -2.38. The lowest BCUT2D eigenvalue weighted by molar-refractivity contribution is -0.113. The third kappa shape index (κ3) is 5.58. The standard InChI is InChI=1S/C13H20FN3O2/c1-5-7-11(8-17(15)10(4)14)13(19)12(9(3)18)16-6-2/h5-7,10,19H,1,8,15H2,2-4H3/b11-7+,13-12-,16-6?. The Morgan fingerprint density at radius 1 is 1.63 bits per heavy atom. The van der Waals surface area contributed by atoms with Crippen LogP contribution in [0.15, 0.2) is 40.8 Å². The van der Waals surface area contributed by atoms with Crippen molar-refractivity contribution in [1.29, 1.82) is 0 Å². The molecule has 0 aliphatic rings. The fourth-order valence-corrected chi connectivity index (χ4v) is 1.27. The van der Waals surface area contributed by atoms with Crippen LogP contribution in [0, 0.1) is 0 Å². The van der Waals surface area contributed by atoms with Crippen molar-refractivity contribution in [3.05, 3.63) is 35.8 Å².